The SMILES string of the molecule is O=C(CCN1C(=O)SC(=Cc2ccc(F)cc2)C1=O)NC1CCS(=O)(=O)C1. The fraction of sp³-hybridized carbons (Fsp3) is 0.353. The molecule has 1 atom stereocenters. The Bertz CT molecular complexity index is 912. The third kappa shape index (κ3) is 4.95. The maximum atomic E-state index is 12.9. The van der Waals surface area contributed by atoms with Crippen LogP contribution in [0.4, 0.5) is 9.18 Å². The van der Waals surface area contributed by atoms with Crippen LogP contribution in [0.15, 0.2) is 29.2 Å². The minimum Gasteiger partial charge on any atom is -0.352 e. The first-order valence-electron chi connectivity index (χ1n) is 8.24. The first-order chi connectivity index (χ1) is 12.7. The molecule has 1 aromatic rings. The second-order valence-electron chi connectivity index (χ2n) is 6.30. The molecule has 0 bridgehead atoms. The van der Waals surface area contributed by atoms with Crippen LogP contribution in [0.25, 0.3) is 6.08 Å². The van der Waals surface area contributed by atoms with Gasteiger partial charge in [-0.05, 0) is 42.0 Å². The molecule has 0 radical (unpaired) electrons. The molecule has 3 rings (SSSR count). The predicted molar refractivity (Wildman–Crippen MR) is 98.9 cm³/mol. The van der Waals surface area contributed by atoms with Crippen molar-refractivity contribution in [1.82, 2.24) is 10.2 Å². The number of hydrogen-bond donors (Lipinski definition) is 1. The molecule has 1 unspecified atom stereocenters. The van der Waals surface area contributed by atoms with E-state index in [1.165, 1.54) is 30.3 Å². The van der Waals surface area contributed by atoms with Crippen molar-refractivity contribution in [3.8, 4) is 0 Å². The monoisotopic (exact) mass is 412 g/mol. The van der Waals surface area contributed by atoms with Crippen LogP contribution in [0.3, 0.4) is 0 Å². The summed E-state index contributed by atoms with van der Waals surface area (Å²) in [5, 5.41) is 2.14. The van der Waals surface area contributed by atoms with Crippen LogP contribution in [0, 0.1) is 5.82 Å². The summed E-state index contributed by atoms with van der Waals surface area (Å²) >= 11 is 0.759. The van der Waals surface area contributed by atoms with Gasteiger partial charge in [0.2, 0.25) is 5.91 Å². The van der Waals surface area contributed by atoms with Gasteiger partial charge in [-0.25, -0.2) is 12.8 Å². The molecule has 3 amide bonds. The topological polar surface area (TPSA) is 101 Å². The maximum absolute atomic E-state index is 12.9. The van der Waals surface area contributed by atoms with Gasteiger partial charge in [-0.3, -0.25) is 19.3 Å². The van der Waals surface area contributed by atoms with E-state index in [2.05, 4.69) is 5.32 Å². The van der Waals surface area contributed by atoms with Crippen LogP contribution in [0.2, 0.25) is 0 Å². The van der Waals surface area contributed by atoms with Gasteiger partial charge in [0.1, 0.15) is 5.82 Å². The molecule has 144 valence electrons. The van der Waals surface area contributed by atoms with Gasteiger partial charge in [0.05, 0.1) is 16.4 Å². The molecule has 2 aliphatic heterocycles. The van der Waals surface area contributed by atoms with E-state index in [9.17, 15) is 27.2 Å². The molecular weight excluding hydrogens is 395 g/mol. The molecule has 10 heteroatoms. The quantitative estimate of drug-likeness (QED) is 0.737. The number of rotatable bonds is 5. The molecule has 1 aromatic carbocycles. The highest BCUT2D eigenvalue weighted by Crippen LogP contribution is 2.32. The van der Waals surface area contributed by atoms with Crippen LogP contribution in [-0.2, 0) is 19.4 Å². The van der Waals surface area contributed by atoms with Crippen molar-refractivity contribution in [3.05, 3.63) is 40.6 Å². The van der Waals surface area contributed by atoms with Crippen LogP contribution in [-0.4, -0.2) is 54.5 Å². The smallest absolute Gasteiger partial charge is 0.293 e. The molecule has 1 N–H and O–H groups in total. The van der Waals surface area contributed by atoms with Crippen molar-refractivity contribution in [2.45, 2.75) is 18.9 Å². The molecule has 2 heterocycles. The zero-order valence-electron chi connectivity index (χ0n) is 14.2. The van der Waals surface area contributed by atoms with Gasteiger partial charge in [0.15, 0.2) is 9.84 Å². The summed E-state index contributed by atoms with van der Waals surface area (Å²) in [7, 11) is -3.10. The third-order valence-corrected chi connectivity index (χ3v) is 6.88. The highest BCUT2D eigenvalue weighted by atomic mass is 32.2. The van der Waals surface area contributed by atoms with Crippen LogP contribution in [0.1, 0.15) is 18.4 Å². The average Bonchev–Trinajstić information content (AvgIpc) is 3.07. The number of nitrogens with one attached hydrogen (secondary N) is 1. The summed E-state index contributed by atoms with van der Waals surface area (Å²) in [5.74, 6) is -1.35. The Labute approximate surface area is 159 Å². The molecule has 0 aromatic heterocycles. The number of carbonyl (C=O) groups is 3. The molecular formula is C17H17FN2O5S2. The largest absolute Gasteiger partial charge is 0.352 e. The van der Waals surface area contributed by atoms with Gasteiger partial charge in [0, 0.05) is 19.0 Å². The lowest BCUT2D eigenvalue weighted by molar-refractivity contribution is -0.124. The van der Waals surface area contributed by atoms with Crippen molar-refractivity contribution in [2.24, 2.45) is 0 Å². The molecule has 2 fully saturated rings. The van der Waals surface area contributed by atoms with E-state index in [1.807, 2.05) is 0 Å². The summed E-state index contributed by atoms with van der Waals surface area (Å²) in [4.78, 5) is 37.6. The Morgan fingerprint density at radius 1 is 1.30 bits per heavy atom. The van der Waals surface area contributed by atoms with Crippen molar-refractivity contribution in [2.75, 3.05) is 18.1 Å². The molecule has 0 spiro atoms. The van der Waals surface area contributed by atoms with Gasteiger partial charge in [0.25, 0.3) is 11.1 Å². The Morgan fingerprint density at radius 2 is 2.00 bits per heavy atom. The van der Waals surface area contributed by atoms with Crippen LogP contribution >= 0.6 is 11.8 Å². The van der Waals surface area contributed by atoms with Crippen molar-refractivity contribution < 1.29 is 27.2 Å². The minimum absolute atomic E-state index is 0.0508. The summed E-state index contributed by atoms with van der Waals surface area (Å²) < 4.78 is 35.7. The zero-order valence-corrected chi connectivity index (χ0v) is 15.8. The number of imide groups is 1. The van der Waals surface area contributed by atoms with Crippen LogP contribution in [0.5, 0.6) is 0 Å². The number of carbonyl (C=O) groups excluding carboxylic acids is 3. The highest BCUT2D eigenvalue weighted by Gasteiger charge is 2.35. The van der Waals surface area contributed by atoms with E-state index >= 15 is 0 Å². The number of nitrogens with zero attached hydrogens (tertiary/aromatic N) is 1. The Balaban J connectivity index is 1.56. The van der Waals surface area contributed by atoms with Crippen molar-refractivity contribution in [1.29, 1.82) is 0 Å². The minimum atomic E-state index is -3.10. The normalized spacial score (nSPS) is 23.2. The molecule has 2 saturated heterocycles. The van der Waals surface area contributed by atoms with E-state index in [0.29, 0.717) is 12.0 Å². The fourth-order valence-corrected chi connectivity index (χ4v) is 5.36. The lowest BCUT2D eigenvalue weighted by Crippen LogP contribution is -2.38. The average molecular weight is 412 g/mol. The summed E-state index contributed by atoms with van der Waals surface area (Å²) in [6, 6.07) is 5.07. The van der Waals surface area contributed by atoms with Crippen molar-refractivity contribution in [3.63, 3.8) is 0 Å². The second-order valence-corrected chi connectivity index (χ2v) is 9.52. The van der Waals surface area contributed by atoms with E-state index in [1.54, 1.807) is 0 Å². The summed E-state index contributed by atoms with van der Waals surface area (Å²) in [5.41, 5.74) is 0.585. The molecule has 0 aliphatic carbocycles. The fourth-order valence-electron chi connectivity index (χ4n) is 2.83. The number of sulfone groups is 1. The maximum Gasteiger partial charge on any atom is 0.293 e. The van der Waals surface area contributed by atoms with Gasteiger partial charge in [-0.2, -0.15) is 0 Å². The highest BCUT2D eigenvalue weighted by molar-refractivity contribution is 8.18. The lowest BCUT2D eigenvalue weighted by Gasteiger charge is -2.14. The number of thioether (sulfide) groups is 1. The summed E-state index contributed by atoms with van der Waals surface area (Å²) in [6.07, 6.45) is 1.77. The van der Waals surface area contributed by atoms with E-state index in [-0.39, 0.29) is 29.4 Å². The second kappa shape index (κ2) is 7.81. The molecule has 0 saturated carbocycles. The van der Waals surface area contributed by atoms with Gasteiger partial charge < -0.3 is 5.32 Å². The van der Waals surface area contributed by atoms with E-state index < -0.39 is 38.7 Å². The van der Waals surface area contributed by atoms with Crippen molar-refractivity contribution >= 4 is 44.7 Å². The number of hydrogen-bond acceptors (Lipinski definition) is 6. The van der Waals surface area contributed by atoms with Gasteiger partial charge in [-0.1, -0.05) is 12.1 Å². The van der Waals surface area contributed by atoms with E-state index in [4.69, 9.17) is 0 Å². The van der Waals surface area contributed by atoms with Gasteiger partial charge >= 0.3 is 0 Å². The number of halogens is 1. The van der Waals surface area contributed by atoms with E-state index in [0.717, 1.165) is 16.7 Å². The third-order valence-electron chi connectivity index (χ3n) is 4.20. The standard InChI is InChI=1S/C17H17FN2O5S2/c18-12-3-1-11(2-4-12)9-14-16(22)20(17(23)26-14)7-5-15(21)19-13-6-8-27(24,25)10-13/h1-4,9,13H,5-8,10H2,(H,19,21). The first-order valence-corrected chi connectivity index (χ1v) is 10.9. The Hall–Kier alpha value is -2.20. The van der Waals surface area contributed by atoms with Crippen LogP contribution < -0.4 is 5.32 Å². The molecule has 7 nitrogen and oxygen atoms in total. The van der Waals surface area contributed by atoms with Gasteiger partial charge in [-0.15, -0.1) is 0 Å². The molecule has 27 heavy (non-hydrogen) atoms. The molecule has 2 aliphatic rings. The summed E-state index contributed by atoms with van der Waals surface area (Å²) in [6.45, 7) is -0.0866. The Morgan fingerprint density at radius 3 is 2.63 bits per heavy atom. The Kier molecular flexibility index (Phi) is 5.66. The predicted octanol–water partition coefficient (Wildman–Crippen LogP) is 1.56. The number of amides is 3. The lowest BCUT2D eigenvalue weighted by atomic mass is 10.2. The number of benzene rings is 1. The zero-order chi connectivity index (χ0) is 19.6. The first kappa shape index (κ1) is 19.6.